The fraction of sp³-hybridized carbons (Fsp3) is 0.235. The molecule has 0 aliphatic rings. The molecule has 0 aromatic heterocycles. The highest BCUT2D eigenvalue weighted by Crippen LogP contribution is 2.31. The summed E-state index contributed by atoms with van der Waals surface area (Å²) in [7, 11) is 1.53. The fourth-order valence-corrected chi connectivity index (χ4v) is 2.20. The number of hydrogen-bond donors (Lipinski definition) is 0. The predicted molar refractivity (Wildman–Crippen MR) is 77.5 cm³/mol. The van der Waals surface area contributed by atoms with Gasteiger partial charge in [0.2, 0.25) is 0 Å². The van der Waals surface area contributed by atoms with Crippen LogP contribution in [0.3, 0.4) is 0 Å². The quantitative estimate of drug-likeness (QED) is 0.615. The summed E-state index contributed by atoms with van der Waals surface area (Å²) < 4.78 is 11.0. The van der Waals surface area contributed by atoms with Crippen LogP contribution >= 0.6 is 0 Å². The lowest BCUT2D eigenvalue weighted by Crippen LogP contribution is -2.40. The van der Waals surface area contributed by atoms with Crippen molar-refractivity contribution in [3.63, 3.8) is 0 Å². The van der Waals surface area contributed by atoms with Gasteiger partial charge in [0.1, 0.15) is 5.75 Å². The topological polar surface area (TPSA) is 35.5 Å². The van der Waals surface area contributed by atoms with Crippen molar-refractivity contribution >= 4 is 5.97 Å². The normalized spacial score (nSPS) is 13.5. The Morgan fingerprint density at radius 2 is 1.55 bits per heavy atom. The number of benzene rings is 2. The van der Waals surface area contributed by atoms with Gasteiger partial charge in [-0.2, -0.15) is 0 Å². The smallest absolute Gasteiger partial charge is 0.348 e. The van der Waals surface area contributed by atoms with Crippen LogP contribution in [-0.4, -0.2) is 13.1 Å². The van der Waals surface area contributed by atoms with Gasteiger partial charge in [0, 0.05) is 7.11 Å². The zero-order valence-corrected chi connectivity index (χ0v) is 11.7. The van der Waals surface area contributed by atoms with Gasteiger partial charge in [-0.3, -0.25) is 0 Å². The molecule has 0 saturated carbocycles. The average Bonchev–Trinajstić information content (AvgIpc) is 2.51. The predicted octanol–water partition coefficient (Wildman–Crippen LogP) is 3.54. The lowest BCUT2D eigenvalue weighted by Gasteiger charge is -2.29. The van der Waals surface area contributed by atoms with Crippen LogP contribution in [0.5, 0.6) is 5.75 Å². The van der Waals surface area contributed by atoms with E-state index in [1.165, 1.54) is 7.11 Å². The molecule has 20 heavy (non-hydrogen) atoms. The molecule has 0 spiro atoms. The Morgan fingerprint density at radius 3 is 2.05 bits per heavy atom. The molecule has 2 aromatic rings. The summed E-state index contributed by atoms with van der Waals surface area (Å²) in [5.41, 5.74) is -0.275. The third-order valence-corrected chi connectivity index (χ3v) is 3.37. The van der Waals surface area contributed by atoms with E-state index in [0.29, 0.717) is 12.2 Å². The Morgan fingerprint density at radius 1 is 1.00 bits per heavy atom. The first-order valence-electron chi connectivity index (χ1n) is 6.61. The molecule has 2 aromatic carbocycles. The van der Waals surface area contributed by atoms with Crippen LogP contribution < -0.4 is 4.74 Å². The molecule has 0 radical (unpaired) electrons. The van der Waals surface area contributed by atoms with Crippen molar-refractivity contribution in [3.05, 3.63) is 66.2 Å². The SMILES string of the molecule is CCC(OC)(C(=O)Oc1ccccc1)c1ccccc1. The second-order valence-corrected chi connectivity index (χ2v) is 4.45. The fourth-order valence-electron chi connectivity index (χ4n) is 2.20. The molecule has 0 aliphatic heterocycles. The van der Waals surface area contributed by atoms with Crippen LogP contribution in [-0.2, 0) is 15.1 Å². The lowest BCUT2D eigenvalue weighted by atomic mass is 9.91. The summed E-state index contributed by atoms with van der Waals surface area (Å²) in [4.78, 5) is 12.5. The van der Waals surface area contributed by atoms with Gasteiger partial charge in [-0.1, -0.05) is 55.5 Å². The van der Waals surface area contributed by atoms with Gasteiger partial charge in [0.05, 0.1) is 0 Å². The van der Waals surface area contributed by atoms with E-state index < -0.39 is 11.6 Å². The third-order valence-electron chi connectivity index (χ3n) is 3.37. The monoisotopic (exact) mass is 270 g/mol. The molecule has 0 heterocycles. The molecular formula is C17H18O3. The first kappa shape index (κ1) is 14.3. The number of para-hydroxylation sites is 1. The zero-order valence-electron chi connectivity index (χ0n) is 11.7. The van der Waals surface area contributed by atoms with E-state index in [9.17, 15) is 4.79 Å². The van der Waals surface area contributed by atoms with Crippen molar-refractivity contribution in [1.82, 2.24) is 0 Å². The van der Waals surface area contributed by atoms with Crippen LogP contribution in [0.2, 0.25) is 0 Å². The van der Waals surface area contributed by atoms with Crippen molar-refractivity contribution in [1.29, 1.82) is 0 Å². The molecule has 2 rings (SSSR count). The van der Waals surface area contributed by atoms with Gasteiger partial charge in [0.25, 0.3) is 0 Å². The average molecular weight is 270 g/mol. The standard InChI is InChI=1S/C17H18O3/c1-3-17(19-2,14-10-6-4-7-11-14)16(18)20-15-12-8-5-9-13-15/h4-13H,3H2,1-2H3. The summed E-state index contributed by atoms with van der Waals surface area (Å²) in [5, 5.41) is 0. The number of hydrogen-bond acceptors (Lipinski definition) is 3. The van der Waals surface area contributed by atoms with Crippen LogP contribution in [0.1, 0.15) is 18.9 Å². The Hall–Kier alpha value is -2.13. The molecular weight excluding hydrogens is 252 g/mol. The van der Waals surface area contributed by atoms with Crippen molar-refractivity contribution in [2.45, 2.75) is 18.9 Å². The molecule has 0 saturated heterocycles. The lowest BCUT2D eigenvalue weighted by molar-refractivity contribution is -0.161. The van der Waals surface area contributed by atoms with E-state index in [2.05, 4.69) is 0 Å². The molecule has 104 valence electrons. The zero-order chi connectivity index (χ0) is 14.4. The van der Waals surface area contributed by atoms with Gasteiger partial charge in [-0.25, -0.2) is 4.79 Å². The molecule has 0 aliphatic carbocycles. The molecule has 0 bridgehead atoms. The minimum atomic E-state index is -1.07. The van der Waals surface area contributed by atoms with E-state index in [4.69, 9.17) is 9.47 Å². The molecule has 0 fully saturated rings. The van der Waals surface area contributed by atoms with Gasteiger partial charge >= 0.3 is 5.97 Å². The number of carbonyl (C=O) groups is 1. The van der Waals surface area contributed by atoms with E-state index in [1.807, 2.05) is 55.5 Å². The largest absolute Gasteiger partial charge is 0.424 e. The van der Waals surface area contributed by atoms with E-state index in [-0.39, 0.29) is 0 Å². The van der Waals surface area contributed by atoms with Gasteiger partial charge in [-0.05, 0) is 24.1 Å². The maximum absolute atomic E-state index is 12.5. The van der Waals surface area contributed by atoms with Gasteiger partial charge < -0.3 is 9.47 Å². The summed E-state index contributed by atoms with van der Waals surface area (Å²) in [6.07, 6.45) is 0.499. The Balaban J connectivity index is 2.31. The number of carbonyl (C=O) groups excluding carboxylic acids is 1. The summed E-state index contributed by atoms with van der Waals surface area (Å²) in [6.45, 7) is 1.91. The van der Waals surface area contributed by atoms with Crippen molar-refractivity contribution < 1.29 is 14.3 Å². The Kier molecular flexibility index (Phi) is 4.53. The highest BCUT2D eigenvalue weighted by molar-refractivity contribution is 5.83. The van der Waals surface area contributed by atoms with Crippen LogP contribution in [0.25, 0.3) is 0 Å². The second kappa shape index (κ2) is 6.35. The molecule has 3 nitrogen and oxygen atoms in total. The van der Waals surface area contributed by atoms with Gasteiger partial charge in [0.15, 0.2) is 5.60 Å². The summed E-state index contributed by atoms with van der Waals surface area (Å²) in [5.74, 6) is 0.114. The highest BCUT2D eigenvalue weighted by Gasteiger charge is 2.40. The summed E-state index contributed by atoms with van der Waals surface area (Å²) in [6, 6.07) is 18.4. The summed E-state index contributed by atoms with van der Waals surface area (Å²) >= 11 is 0. The van der Waals surface area contributed by atoms with Gasteiger partial charge in [-0.15, -0.1) is 0 Å². The van der Waals surface area contributed by atoms with Crippen LogP contribution in [0.4, 0.5) is 0 Å². The molecule has 1 atom stereocenters. The number of methoxy groups -OCH3 is 1. The van der Waals surface area contributed by atoms with Crippen molar-refractivity contribution in [2.75, 3.05) is 7.11 Å². The Labute approximate surface area is 119 Å². The Bertz CT molecular complexity index is 545. The second-order valence-electron chi connectivity index (χ2n) is 4.45. The first-order valence-corrected chi connectivity index (χ1v) is 6.61. The molecule has 3 heteroatoms. The minimum Gasteiger partial charge on any atom is -0.424 e. The van der Waals surface area contributed by atoms with Crippen molar-refractivity contribution in [3.8, 4) is 5.75 Å². The van der Waals surface area contributed by atoms with E-state index >= 15 is 0 Å². The third kappa shape index (κ3) is 2.73. The van der Waals surface area contributed by atoms with Crippen molar-refractivity contribution in [2.24, 2.45) is 0 Å². The molecule has 0 amide bonds. The minimum absolute atomic E-state index is 0.403. The maximum Gasteiger partial charge on any atom is 0.348 e. The first-order chi connectivity index (χ1) is 9.73. The van der Waals surface area contributed by atoms with Crippen LogP contribution in [0, 0.1) is 0 Å². The number of esters is 1. The highest BCUT2D eigenvalue weighted by atomic mass is 16.6. The molecule has 0 N–H and O–H groups in total. The maximum atomic E-state index is 12.5. The number of rotatable bonds is 5. The van der Waals surface area contributed by atoms with E-state index in [1.54, 1.807) is 12.1 Å². The number of ether oxygens (including phenoxy) is 2. The van der Waals surface area contributed by atoms with Crippen LogP contribution in [0.15, 0.2) is 60.7 Å². The van der Waals surface area contributed by atoms with E-state index in [0.717, 1.165) is 5.56 Å². The molecule has 1 unspecified atom stereocenters.